The van der Waals surface area contributed by atoms with E-state index < -0.39 is 10.0 Å². The average molecular weight is 388 g/mol. The summed E-state index contributed by atoms with van der Waals surface area (Å²) >= 11 is 0. The summed E-state index contributed by atoms with van der Waals surface area (Å²) in [4.78, 5) is 25.2. The molecule has 0 aliphatic heterocycles. The van der Waals surface area contributed by atoms with E-state index in [0.29, 0.717) is 12.1 Å². The summed E-state index contributed by atoms with van der Waals surface area (Å²) in [5.41, 5.74) is 2.49. The first-order chi connectivity index (χ1) is 12.7. The summed E-state index contributed by atoms with van der Waals surface area (Å²) in [6.45, 7) is 3.83. The van der Waals surface area contributed by atoms with Gasteiger partial charge in [-0.05, 0) is 31.5 Å². The summed E-state index contributed by atoms with van der Waals surface area (Å²) in [6.07, 6.45) is 0.0496. The number of sulfonamides is 1. The van der Waals surface area contributed by atoms with Gasteiger partial charge in [0.25, 0.3) is 0 Å². The highest BCUT2D eigenvalue weighted by atomic mass is 32.2. The molecule has 2 rings (SSSR count). The van der Waals surface area contributed by atoms with Crippen LogP contribution in [0.5, 0.6) is 0 Å². The molecule has 144 valence electrons. The summed E-state index contributed by atoms with van der Waals surface area (Å²) in [5.74, 6) is -0.365. The molecule has 2 aromatic carbocycles. The molecule has 0 saturated heterocycles. The quantitative estimate of drug-likeness (QED) is 0.705. The van der Waals surface area contributed by atoms with Crippen LogP contribution in [0.1, 0.15) is 34.8 Å². The largest absolute Gasteiger partial charge is 0.341 e. The Morgan fingerprint density at radius 3 is 2.37 bits per heavy atom. The van der Waals surface area contributed by atoms with Crippen molar-refractivity contribution in [3.8, 4) is 0 Å². The topological polar surface area (TPSA) is 83.5 Å². The van der Waals surface area contributed by atoms with Crippen molar-refractivity contribution >= 4 is 21.7 Å². The summed E-state index contributed by atoms with van der Waals surface area (Å²) < 4.78 is 27.1. The van der Waals surface area contributed by atoms with Crippen molar-refractivity contribution < 1.29 is 18.0 Å². The van der Waals surface area contributed by atoms with E-state index in [1.165, 1.54) is 25.1 Å². The third-order valence-corrected chi connectivity index (χ3v) is 5.61. The third-order valence-electron chi connectivity index (χ3n) is 4.15. The Labute approximate surface area is 160 Å². The number of carbonyl (C=O) groups excluding carboxylic acids is 2. The molecule has 0 fully saturated rings. The van der Waals surface area contributed by atoms with Crippen molar-refractivity contribution in [3.05, 3.63) is 65.2 Å². The molecule has 1 amide bonds. The number of hydrogen-bond donors (Lipinski definition) is 1. The van der Waals surface area contributed by atoms with Crippen LogP contribution in [-0.2, 0) is 21.4 Å². The minimum Gasteiger partial charge on any atom is -0.341 e. The van der Waals surface area contributed by atoms with Crippen LogP contribution in [0, 0.1) is 6.92 Å². The van der Waals surface area contributed by atoms with Gasteiger partial charge in [-0.15, -0.1) is 0 Å². The van der Waals surface area contributed by atoms with E-state index in [9.17, 15) is 18.0 Å². The molecular weight excluding hydrogens is 364 g/mol. The van der Waals surface area contributed by atoms with E-state index in [0.717, 1.165) is 11.1 Å². The zero-order valence-corrected chi connectivity index (χ0v) is 16.5. The number of carbonyl (C=O) groups is 2. The van der Waals surface area contributed by atoms with Gasteiger partial charge in [-0.1, -0.05) is 42.0 Å². The molecule has 0 aromatic heterocycles. The van der Waals surface area contributed by atoms with Crippen molar-refractivity contribution in [2.45, 2.75) is 31.7 Å². The number of amides is 1. The van der Waals surface area contributed by atoms with Gasteiger partial charge in [-0.3, -0.25) is 9.59 Å². The number of nitrogens with one attached hydrogen (secondary N) is 1. The lowest BCUT2D eigenvalue weighted by Crippen LogP contribution is -2.32. The Bertz CT molecular complexity index is 921. The highest BCUT2D eigenvalue weighted by Crippen LogP contribution is 2.12. The maximum atomic E-state index is 12.3. The van der Waals surface area contributed by atoms with Crippen LogP contribution in [0.2, 0.25) is 0 Å². The van der Waals surface area contributed by atoms with Gasteiger partial charge in [0.1, 0.15) is 0 Å². The van der Waals surface area contributed by atoms with Crippen LogP contribution >= 0.6 is 0 Å². The first-order valence-corrected chi connectivity index (χ1v) is 10.1. The number of benzene rings is 2. The fraction of sp³-hybridized carbons (Fsp3) is 0.300. The van der Waals surface area contributed by atoms with Crippen molar-refractivity contribution in [1.29, 1.82) is 0 Å². The Morgan fingerprint density at radius 1 is 1.07 bits per heavy atom. The zero-order chi connectivity index (χ0) is 20.0. The SMILES string of the molecule is CC(=O)c1cccc(S(=O)(=O)NCCC(=O)N(C)Cc2ccc(C)cc2)c1. The van der Waals surface area contributed by atoms with Crippen LogP contribution in [0.3, 0.4) is 0 Å². The van der Waals surface area contributed by atoms with Gasteiger partial charge in [0.15, 0.2) is 5.78 Å². The van der Waals surface area contributed by atoms with Crippen molar-refractivity contribution in [1.82, 2.24) is 9.62 Å². The first kappa shape index (κ1) is 20.8. The number of nitrogens with zero attached hydrogens (tertiary/aromatic N) is 1. The smallest absolute Gasteiger partial charge is 0.240 e. The van der Waals surface area contributed by atoms with Gasteiger partial charge in [0, 0.05) is 32.1 Å². The second-order valence-corrected chi connectivity index (χ2v) is 8.23. The van der Waals surface area contributed by atoms with E-state index in [1.54, 1.807) is 18.0 Å². The third kappa shape index (κ3) is 6.01. The Kier molecular flexibility index (Phi) is 6.87. The molecule has 0 unspecified atom stereocenters. The summed E-state index contributed by atoms with van der Waals surface area (Å²) in [6, 6.07) is 13.7. The van der Waals surface area contributed by atoms with Crippen LogP contribution < -0.4 is 4.72 Å². The summed E-state index contributed by atoms with van der Waals surface area (Å²) in [7, 11) is -2.09. The minimum absolute atomic E-state index is 0.00987. The van der Waals surface area contributed by atoms with Crippen molar-refractivity contribution in [2.24, 2.45) is 0 Å². The lowest BCUT2D eigenvalue weighted by atomic mass is 10.1. The van der Waals surface area contributed by atoms with E-state index >= 15 is 0 Å². The average Bonchev–Trinajstić information content (AvgIpc) is 2.63. The highest BCUT2D eigenvalue weighted by Gasteiger charge is 2.16. The normalized spacial score (nSPS) is 11.2. The lowest BCUT2D eigenvalue weighted by Gasteiger charge is -2.17. The fourth-order valence-corrected chi connectivity index (χ4v) is 3.58. The van der Waals surface area contributed by atoms with Gasteiger partial charge >= 0.3 is 0 Å². The monoisotopic (exact) mass is 388 g/mol. The van der Waals surface area contributed by atoms with Gasteiger partial charge in [0.2, 0.25) is 15.9 Å². The Morgan fingerprint density at radius 2 is 1.74 bits per heavy atom. The standard InChI is InChI=1S/C20H24N2O4S/c1-15-7-9-17(10-8-15)14-22(3)20(24)11-12-21-27(25,26)19-6-4-5-18(13-19)16(2)23/h4-10,13,21H,11-12,14H2,1-3H3. The second-order valence-electron chi connectivity index (χ2n) is 6.47. The minimum atomic E-state index is -3.77. The van der Waals surface area contributed by atoms with Crippen LogP contribution in [0.15, 0.2) is 53.4 Å². The molecule has 0 spiro atoms. The number of ketones is 1. The molecule has 7 heteroatoms. The maximum absolute atomic E-state index is 12.3. The maximum Gasteiger partial charge on any atom is 0.240 e. The van der Waals surface area contributed by atoms with Gasteiger partial charge in [-0.2, -0.15) is 0 Å². The predicted molar refractivity (Wildman–Crippen MR) is 104 cm³/mol. The fourth-order valence-electron chi connectivity index (χ4n) is 2.50. The van der Waals surface area contributed by atoms with Crippen LogP contribution in [-0.4, -0.2) is 38.6 Å². The molecule has 6 nitrogen and oxygen atoms in total. The Hall–Kier alpha value is -2.51. The first-order valence-electron chi connectivity index (χ1n) is 8.59. The van der Waals surface area contributed by atoms with E-state index in [2.05, 4.69) is 4.72 Å². The highest BCUT2D eigenvalue weighted by molar-refractivity contribution is 7.89. The number of Topliss-reactive ketones (excluding diaryl/α,β-unsaturated/α-hetero) is 1. The molecule has 1 N–H and O–H groups in total. The van der Waals surface area contributed by atoms with E-state index in [-0.39, 0.29) is 29.6 Å². The van der Waals surface area contributed by atoms with Gasteiger partial charge in [0.05, 0.1) is 4.90 Å². The van der Waals surface area contributed by atoms with Crippen molar-refractivity contribution in [2.75, 3.05) is 13.6 Å². The Balaban J connectivity index is 1.90. The summed E-state index contributed by atoms with van der Waals surface area (Å²) in [5, 5.41) is 0. The molecule has 2 aromatic rings. The molecule has 0 bridgehead atoms. The molecule has 0 atom stereocenters. The zero-order valence-electron chi connectivity index (χ0n) is 15.7. The van der Waals surface area contributed by atoms with Gasteiger partial charge < -0.3 is 4.90 Å². The molecular formula is C20H24N2O4S. The number of hydrogen-bond acceptors (Lipinski definition) is 4. The van der Waals surface area contributed by atoms with E-state index in [4.69, 9.17) is 0 Å². The second kappa shape index (κ2) is 8.92. The molecule has 0 aliphatic carbocycles. The number of aryl methyl sites for hydroxylation is 1. The lowest BCUT2D eigenvalue weighted by molar-refractivity contribution is -0.130. The van der Waals surface area contributed by atoms with Crippen LogP contribution in [0.4, 0.5) is 0 Å². The predicted octanol–water partition coefficient (Wildman–Crippen LogP) is 2.52. The molecule has 27 heavy (non-hydrogen) atoms. The molecule has 0 heterocycles. The van der Waals surface area contributed by atoms with Crippen LogP contribution in [0.25, 0.3) is 0 Å². The molecule has 0 aliphatic rings. The molecule has 0 saturated carbocycles. The molecule has 0 radical (unpaired) electrons. The van der Waals surface area contributed by atoms with Gasteiger partial charge in [-0.25, -0.2) is 13.1 Å². The van der Waals surface area contributed by atoms with E-state index in [1.807, 2.05) is 31.2 Å². The number of rotatable bonds is 8. The van der Waals surface area contributed by atoms with Crippen molar-refractivity contribution in [3.63, 3.8) is 0 Å².